The highest BCUT2D eigenvalue weighted by Crippen LogP contribution is 2.32. The Kier molecular flexibility index (Phi) is 7.54. The lowest BCUT2D eigenvalue weighted by molar-refractivity contribution is 0.353. The highest BCUT2D eigenvalue weighted by molar-refractivity contribution is 5.49. The molecule has 0 aliphatic heterocycles. The number of benzene rings is 2. The molecule has 0 aliphatic carbocycles. The van der Waals surface area contributed by atoms with Crippen molar-refractivity contribution >= 4 is 0 Å². The lowest BCUT2D eigenvalue weighted by Crippen LogP contribution is -2.01. The van der Waals surface area contributed by atoms with Crippen molar-refractivity contribution in [3.63, 3.8) is 0 Å². The molecule has 0 bridgehead atoms. The van der Waals surface area contributed by atoms with Crippen molar-refractivity contribution in [3.05, 3.63) is 76.4 Å². The fourth-order valence-electron chi connectivity index (χ4n) is 2.77. The van der Waals surface area contributed by atoms with Crippen LogP contribution in [0.1, 0.15) is 44.4 Å². The van der Waals surface area contributed by atoms with E-state index in [1.54, 1.807) is 12.1 Å². The van der Waals surface area contributed by atoms with Crippen LogP contribution < -0.4 is 4.74 Å². The molecule has 0 unspecified atom stereocenters. The third-order valence-corrected chi connectivity index (χ3v) is 4.30. The summed E-state index contributed by atoms with van der Waals surface area (Å²) in [4.78, 5) is 0. The van der Waals surface area contributed by atoms with Crippen LogP contribution in [0.15, 0.2) is 59.7 Å². The Morgan fingerprint density at radius 1 is 0.889 bits per heavy atom. The first-order chi connectivity index (χ1) is 12.8. The molecular formula is C24H30O3. The maximum absolute atomic E-state index is 10.6. The number of hydrogen-bond donors (Lipinski definition) is 2. The zero-order valence-electron chi connectivity index (χ0n) is 16.7. The summed E-state index contributed by atoms with van der Waals surface area (Å²) >= 11 is 0. The Balaban J connectivity index is 2.23. The van der Waals surface area contributed by atoms with Gasteiger partial charge in [-0.3, -0.25) is 0 Å². The van der Waals surface area contributed by atoms with Crippen molar-refractivity contribution in [3.8, 4) is 17.2 Å². The van der Waals surface area contributed by atoms with Crippen molar-refractivity contribution in [2.75, 3.05) is 6.61 Å². The second-order valence-corrected chi connectivity index (χ2v) is 7.34. The number of phenols is 2. The summed E-state index contributed by atoms with van der Waals surface area (Å²) < 4.78 is 5.97. The highest BCUT2D eigenvalue weighted by Gasteiger charge is 2.11. The monoisotopic (exact) mass is 366 g/mol. The third-order valence-electron chi connectivity index (χ3n) is 4.30. The van der Waals surface area contributed by atoms with Crippen molar-refractivity contribution in [2.45, 2.75) is 47.0 Å². The minimum atomic E-state index is 0.271. The fourth-order valence-corrected chi connectivity index (χ4v) is 2.77. The van der Waals surface area contributed by atoms with E-state index in [1.807, 2.05) is 58.0 Å². The van der Waals surface area contributed by atoms with Crippen LogP contribution in [0.2, 0.25) is 0 Å². The number of hydrogen-bond acceptors (Lipinski definition) is 3. The molecule has 27 heavy (non-hydrogen) atoms. The van der Waals surface area contributed by atoms with Crippen LogP contribution in [0, 0.1) is 0 Å². The molecule has 144 valence electrons. The predicted molar refractivity (Wildman–Crippen MR) is 112 cm³/mol. The predicted octanol–water partition coefficient (Wildman–Crippen LogP) is 5.74. The molecule has 0 aliphatic rings. The summed E-state index contributed by atoms with van der Waals surface area (Å²) in [5.74, 6) is 1.28. The zero-order chi connectivity index (χ0) is 19.8. The van der Waals surface area contributed by atoms with Crippen LogP contribution in [0.4, 0.5) is 0 Å². The normalized spacial score (nSPS) is 10.4. The first-order valence-corrected chi connectivity index (χ1v) is 9.37. The van der Waals surface area contributed by atoms with Crippen LogP contribution in [0.5, 0.6) is 17.2 Å². The molecule has 2 aromatic carbocycles. The first-order valence-electron chi connectivity index (χ1n) is 9.37. The molecule has 2 rings (SSSR count). The van der Waals surface area contributed by atoms with Gasteiger partial charge in [-0.25, -0.2) is 0 Å². The van der Waals surface area contributed by atoms with Gasteiger partial charge < -0.3 is 14.9 Å². The van der Waals surface area contributed by atoms with Gasteiger partial charge in [0, 0.05) is 5.56 Å². The first kappa shape index (κ1) is 20.6. The van der Waals surface area contributed by atoms with Crippen LogP contribution in [-0.4, -0.2) is 16.8 Å². The minimum Gasteiger partial charge on any atom is -0.508 e. The quantitative estimate of drug-likeness (QED) is 0.586. The SMILES string of the molecule is CC(C)=CCOc1cc(CCc2cccc(O)c2)cc(O)c1CC=C(C)C. The van der Waals surface area contributed by atoms with E-state index in [2.05, 4.69) is 6.08 Å². The number of ether oxygens (including phenoxy) is 1. The van der Waals surface area contributed by atoms with Gasteiger partial charge in [-0.15, -0.1) is 0 Å². The van der Waals surface area contributed by atoms with Gasteiger partial charge in [-0.05, 0) is 88.4 Å². The summed E-state index contributed by atoms with van der Waals surface area (Å²) in [7, 11) is 0. The van der Waals surface area contributed by atoms with E-state index in [0.717, 1.165) is 35.3 Å². The molecule has 0 radical (unpaired) electrons. The minimum absolute atomic E-state index is 0.271. The average Bonchev–Trinajstić information content (AvgIpc) is 2.58. The van der Waals surface area contributed by atoms with Gasteiger partial charge in [0.25, 0.3) is 0 Å². The summed E-state index contributed by atoms with van der Waals surface area (Å²) in [6.45, 7) is 8.65. The van der Waals surface area contributed by atoms with Crippen LogP contribution >= 0.6 is 0 Å². The average molecular weight is 367 g/mol. The topological polar surface area (TPSA) is 49.7 Å². The van der Waals surface area contributed by atoms with Crippen molar-refractivity contribution in [1.82, 2.24) is 0 Å². The lowest BCUT2D eigenvalue weighted by Gasteiger charge is -2.14. The molecule has 2 aromatic rings. The Morgan fingerprint density at radius 3 is 2.26 bits per heavy atom. The van der Waals surface area contributed by atoms with E-state index in [9.17, 15) is 10.2 Å². The molecule has 0 amide bonds. The molecule has 3 nitrogen and oxygen atoms in total. The lowest BCUT2D eigenvalue weighted by atomic mass is 10.00. The van der Waals surface area contributed by atoms with Crippen molar-refractivity contribution in [2.24, 2.45) is 0 Å². The summed E-state index contributed by atoms with van der Waals surface area (Å²) in [6.07, 6.45) is 6.31. The molecule has 0 fully saturated rings. The van der Waals surface area contributed by atoms with Crippen molar-refractivity contribution in [1.29, 1.82) is 0 Å². The van der Waals surface area contributed by atoms with E-state index < -0.39 is 0 Å². The molecule has 2 N–H and O–H groups in total. The zero-order valence-corrected chi connectivity index (χ0v) is 16.7. The van der Waals surface area contributed by atoms with Gasteiger partial charge >= 0.3 is 0 Å². The Bertz CT molecular complexity index is 824. The second-order valence-electron chi connectivity index (χ2n) is 7.34. The summed E-state index contributed by atoms with van der Waals surface area (Å²) in [5.41, 5.74) is 5.31. The van der Waals surface area contributed by atoms with Gasteiger partial charge in [0.05, 0.1) is 0 Å². The van der Waals surface area contributed by atoms with Gasteiger partial charge in [0.2, 0.25) is 0 Å². The van der Waals surface area contributed by atoms with E-state index in [-0.39, 0.29) is 11.5 Å². The van der Waals surface area contributed by atoms with E-state index in [4.69, 9.17) is 4.74 Å². The fraction of sp³-hybridized carbons (Fsp3) is 0.333. The number of rotatable bonds is 8. The second kappa shape index (κ2) is 9.86. The maximum atomic E-state index is 10.6. The Morgan fingerprint density at radius 2 is 1.59 bits per heavy atom. The maximum Gasteiger partial charge on any atom is 0.127 e. The number of aryl methyl sites for hydroxylation is 2. The Labute approximate surface area is 162 Å². The van der Waals surface area contributed by atoms with E-state index in [1.165, 1.54) is 11.1 Å². The molecule has 0 atom stereocenters. The van der Waals surface area contributed by atoms with Gasteiger partial charge in [-0.2, -0.15) is 0 Å². The molecule has 0 aromatic heterocycles. The van der Waals surface area contributed by atoms with Crippen LogP contribution in [0.25, 0.3) is 0 Å². The summed E-state index contributed by atoms with van der Waals surface area (Å²) in [6, 6.07) is 11.1. The number of aromatic hydroxyl groups is 2. The standard InChI is InChI=1S/C24H30O3/c1-17(2)8-11-22-23(26)15-20(16-24(22)27-13-12-18(3)4)10-9-19-6-5-7-21(25)14-19/h5-8,12,14-16,25-26H,9-11,13H2,1-4H3. The number of phenolic OH excluding ortho intramolecular Hbond substituents is 2. The van der Waals surface area contributed by atoms with Crippen molar-refractivity contribution < 1.29 is 14.9 Å². The van der Waals surface area contributed by atoms with E-state index >= 15 is 0 Å². The van der Waals surface area contributed by atoms with Gasteiger partial charge in [0.15, 0.2) is 0 Å². The van der Waals surface area contributed by atoms with Gasteiger partial charge in [-0.1, -0.05) is 29.4 Å². The van der Waals surface area contributed by atoms with Crippen LogP contribution in [0.3, 0.4) is 0 Å². The molecular weight excluding hydrogens is 336 g/mol. The molecule has 0 spiro atoms. The summed E-state index contributed by atoms with van der Waals surface area (Å²) in [5, 5.41) is 20.2. The van der Waals surface area contributed by atoms with Crippen LogP contribution in [-0.2, 0) is 19.3 Å². The third kappa shape index (κ3) is 6.86. The molecule has 0 saturated carbocycles. The van der Waals surface area contributed by atoms with Gasteiger partial charge in [0.1, 0.15) is 23.9 Å². The van der Waals surface area contributed by atoms with E-state index in [0.29, 0.717) is 13.0 Å². The highest BCUT2D eigenvalue weighted by atomic mass is 16.5. The smallest absolute Gasteiger partial charge is 0.127 e. The molecule has 3 heteroatoms. The molecule has 0 heterocycles. The largest absolute Gasteiger partial charge is 0.508 e. The number of allylic oxidation sites excluding steroid dienone is 3. The molecule has 0 saturated heterocycles. The Hall–Kier alpha value is -2.68.